The third kappa shape index (κ3) is 25.2. The van der Waals surface area contributed by atoms with E-state index < -0.39 is 0 Å². The smallest absolute Gasteiger partial charge is 1.00 e. The van der Waals surface area contributed by atoms with E-state index in [0.29, 0.717) is 0 Å². The van der Waals surface area contributed by atoms with Crippen molar-refractivity contribution in [1.82, 2.24) is 0 Å². The summed E-state index contributed by atoms with van der Waals surface area (Å²) in [6, 6.07) is 0. The summed E-state index contributed by atoms with van der Waals surface area (Å²) in [5, 5.41) is 0. The van der Waals surface area contributed by atoms with Crippen LogP contribution in [0.5, 0.6) is 0 Å². The molecule has 0 N–H and O–H groups in total. The average molecular weight is 387 g/mol. The quantitative estimate of drug-likeness (QED) is 0.459. The van der Waals surface area contributed by atoms with Crippen LogP contribution in [0.15, 0.2) is 0 Å². The molecular weight excluding hydrogens is 382 g/mol. The van der Waals surface area contributed by atoms with Crippen molar-refractivity contribution in [3.63, 3.8) is 0 Å². The molecule has 0 rings (SSSR count). The molecule has 0 radical (unpaired) electrons. The number of hydrogen-bond acceptors (Lipinski definition) is 0. The van der Waals surface area contributed by atoms with Gasteiger partial charge in [0, 0.05) is 27.7 Å². The Morgan fingerprint density at radius 3 is 0.667 bits per heavy atom. The van der Waals surface area contributed by atoms with Gasteiger partial charge in [-0.1, -0.05) is 0 Å². The molecule has 0 saturated heterocycles. The van der Waals surface area contributed by atoms with E-state index in [2.05, 4.69) is 0 Å². The first-order valence-corrected chi connectivity index (χ1v) is 0. The van der Waals surface area contributed by atoms with E-state index in [0.717, 1.165) is 0 Å². The Hall–Kier alpha value is 3.73. The van der Waals surface area contributed by atoms with Crippen LogP contribution in [0.25, 0.3) is 0 Å². The van der Waals surface area contributed by atoms with Gasteiger partial charge in [0.15, 0.2) is 0 Å². The van der Waals surface area contributed by atoms with E-state index in [1.165, 1.54) is 0 Å². The zero-order chi connectivity index (χ0) is 0. The molecule has 0 saturated carbocycles. The van der Waals surface area contributed by atoms with Gasteiger partial charge in [0.25, 0.3) is 0 Å². The van der Waals surface area contributed by atoms with E-state index in [-0.39, 0.29) is 130 Å². The molecule has 0 aromatic rings. The van der Waals surface area contributed by atoms with Crippen molar-refractivity contribution in [2.75, 3.05) is 0 Å². The van der Waals surface area contributed by atoms with Crippen LogP contribution < -0.4 is 51.4 Å². The molecule has 0 heterocycles. The molecule has 0 aromatic carbocycles. The van der Waals surface area contributed by atoms with E-state index in [9.17, 15) is 0 Å². The van der Waals surface area contributed by atoms with Gasteiger partial charge >= 0.3 is 51.4 Å². The second-order valence-corrected chi connectivity index (χ2v) is 0. The first kappa shape index (κ1) is 53.3. The monoisotopic (exact) mass is 386 g/mol. The predicted molar refractivity (Wildman–Crippen MR) is 30.1 cm³/mol. The topological polar surface area (TPSA) is 0 Å². The van der Waals surface area contributed by atoms with Crippen molar-refractivity contribution in [1.29, 1.82) is 0 Å². The minimum atomic E-state index is 0. The maximum Gasteiger partial charge on any atom is 1.00 e. The van der Waals surface area contributed by atoms with Gasteiger partial charge in [-0.05, 0) is 0 Å². The summed E-state index contributed by atoms with van der Waals surface area (Å²) in [6.45, 7) is 0. The summed E-state index contributed by atoms with van der Waals surface area (Å²) in [6.07, 6.45) is 0. The number of halogens is 4. The molecule has 0 bridgehead atoms. The first-order valence-electron chi connectivity index (χ1n) is 0. The van der Waals surface area contributed by atoms with Crippen LogP contribution in [-0.4, -0.2) is 0 Å². The molecule has 0 aliphatic carbocycles. The van der Waals surface area contributed by atoms with Gasteiger partial charge in [-0.25, -0.2) is 0 Å². The molecule has 0 atom stereocenters. The zero-order valence-corrected chi connectivity index (χ0v) is 15.2. The molecule has 0 fully saturated rings. The summed E-state index contributed by atoms with van der Waals surface area (Å²) in [5.74, 6) is 0. The summed E-state index contributed by atoms with van der Waals surface area (Å²) < 4.78 is 0. The fraction of sp³-hybridized carbons (Fsp3) is 0. The zero-order valence-electron chi connectivity index (χ0n) is 4.34. The van der Waals surface area contributed by atoms with Gasteiger partial charge in [-0.2, -0.15) is 0 Å². The fourth-order valence-corrected chi connectivity index (χ4v) is 0. The maximum absolute atomic E-state index is 0. The second kappa shape index (κ2) is 37.5. The molecule has 0 spiro atoms. The van der Waals surface area contributed by atoms with Gasteiger partial charge in [-0.15, -0.1) is 49.6 Å². The number of hydrogen-bond donors (Lipinski definition) is 0. The van der Waals surface area contributed by atoms with Gasteiger partial charge in [0.2, 0.25) is 0 Å². The Morgan fingerprint density at radius 2 is 0.667 bits per heavy atom. The van der Waals surface area contributed by atoms with Crippen LogP contribution in [-0.2, 0) is 27.7 Å². The van der Waals surface area contributed by atoms with E-state index in [4.69, 9.17) is 0 Å². The molecule has 0 aliphatic heterocycles. The van der Waals surface area contributed by atoms with Gasteiger partial charge < -0.3 is 1.43 Å². The van der Waals surface area contributed by atoms with Crippen molar-refractivity contribution in [3.8, 4) is 0 Å². The first-order chi connectivity index (χ1) is 0. The Labute approximate surface area is 127 Å². The van der Waals surface area contributed by atoms with Crippen molar-refractivity contribution in [2.45, 2.75) is 0 Å². The van der Waals surface area contributed by atoms with Crippen LogP contribution in [0.4, 0.5) is 0 Å². The van der Waals surface area contributed by atoms with Crippen molar-refractivity contribution in [3.05, 3.63) is 0 Å². The van der Waals surface area contributed by atoms with Crippen molar-refractivity contribution in [2.24, 2.45) is 0 Å². The van der Waals surface area contributed by atoms with E-state index in [1.54, 1.807) is 0 Å². The van der Waals surface area contributed by atoms with Crippen molar-refractivity contribution >= 4 is 49.6 Å². The Morgan fingerprint density at radius 1 is 0.667 bits per heavy atom. The summed E-state index contributed by atoms with van der Waals surface area (Å²) in [4.78, 5) is 0. The van der Waals surface area contributed by atoms with E-state index >= 15 is 0 Å². The second-order valence-electron chi connectivity index (χ2n) is 0. The Kier molecular flexibility index (Phi) is 333. The molecule has 0 amide bonds. The maximum atomic E-state index is 0. The summed E-state index contributed by atoms with van der Waals surface area (Å²) >= 11 is 0. The van der Waals surface area contributed by atoms with Gasteiger partial charge in [0.1, 0.15) is 0 Å². The van der Waals surface area contributed by atoms with Crippen molar-refractivity contribution < 1.29 is 80.5 Å². The molecule has 0 aromatic heterocycles. The molecule has 0 nitrogen and oxygen atoms in total. The molecule has 6 heteroatoms. The van der Waals surface area contributed by atoms with Crippen LogP contribution in [0.3, 0.4) is 0 Å². The molecule has 36 valence electrons. The molecular formula is H5Cl4HgK. The van der Waals surface area contributed by atoms with Gasteiger partial charge in [0.05, 0.1) is 0 Å². The average Bonchev–Trinajstić information content (AvgIpc) is 0. The van der Waals surface area contributed by atoms with Crippen LogP contribution >= 0.6 is 49.6 Å². The third-order valence-corrected chi connectivity index (χ3v) is 0. The Bertz CT molecular complexity index is 11.7. The predicted octanol–water partition coefficient (Wildman–Crippen LogP) is -1.20. The molecule has 0 unspecified atom stereocenters. The largest absolute Gasteiger partial charge is 1.00 e. The van der Waals surface area contributed by atoms with E-state index in [1.807, 2.05) is 0 Å². The third-order valence-electron chi connectivity index (χ3n) is 0. The molecule has 0 aliphatic rings. The van der Waals surface area contributed by atoms with Crippen LogP contribution in [0.2, 0.25) is 0 Å². The Balaban J connectivity index is 0. The minimum Gasteiger partial charge on any atom is -1.00 e. The molecule has 6 heavy (non-hydrogen) atoms. The van der Waals surface area contributed by atoms with Crippen LogP contribution in [0.1, 0.15) is 1.43 Å². The SMILES string of the molecule is Cl.Cl.Cl.Cl.[H-].[Hg].[K+]. The van der Waals surface area contributed by atoms with Gasteiger partial charge in [-0.3, -0.25) is 0 Å². The minimum absolute atomic E-state index is 0. The fourth-order valence-electron chi connectivity index (χ4n) is 0. The number of rotatable bonds is 0. The normalized spacial score (nSPS) is 0. The summed E-state index contributed by atoms with van der Waals surface area (Å²) in [7, 11) is 0. The standard InChI is InChI=1S/4ClH.Hg.K.H/h4*1H;;;/q;;;;;+1;-1. The van der Waals surface area contributed by atoms with Crippen LogP contribution in [0, 0.1) is 0 Å². The summed E-state index contributed by atoms with van der Waals surface area (Å²) in [5.41, 5.74) is 0.